The molecule has 0 amide bonds. The third-order valence-corrected chi connectivity index (χ3v) is 3.65. The van der Waals surface area contributed by atoms with Crippen LogP contribution >= 0.6 is 11.6 Å². The smallest absolute Gasteiger partial charge is 0.128 e. The first-order valence-corrected chi connectivity index (χ1v) is 6.00. The van der Waals surface area contributed by atoms with E-state index in [2.05, 4.69) is 23.3 Å². The predicted molar refractivity (Wildman–Crippen MR) is 64.4 cm³/mol. The maximum Gasteiger partial charge on any atom is 0.128 e. The minimum absolute atomic E-state index is 0.250. The molecule has 0 saturated heterocycles. The molecule has 0 aromatic carbocycles. The Morgan fingerprint density at radius 3 is 3.00 bits per heavy atom. The fourth-order valence-corrected chi connectivity index (χ4v) is 2.16. The molecule has 82 valence electrons. The summed E-state index contributed by atoms with van der Waals surface area (Å²) in [6, 6.07) is 4.01. The number of aryl methyl sites for hydroxylation is 1. The lowest BCUT2D eigenvalue weighted by Gasteiger charge is -2.30. The highest BCUT2D eigenvalue weighted by Crippen LogP contribution is 2.32. The van der Waals surface area contributed by atoms with Gasteiger partial charge in [0.1, 0.15) is 5.82 Å². The van der Waals surface area contributed by atoms with Gasteiger partial charge in [0.2, 0.25) is 0 Å². The van der Waals surface area contributed by atoms with Crippen LogP contribution in [0.25, 0.3) is 0 Å². The molecule has 0 aliphatic heterocycles. The molecule has 1 aromatic heterocycles. The summed E-state index contributed by atoms with van der Waals surface area (Å²) < 4.78 is 0. The minimum atomic E-state index is 0.250. The average molecular weight is 225 g/mol. The van der Waals surface area contributed by atoms with Crippen molar-refractivity contribution < 1.29 is 0 Å². The number of pyridine rings is 1. The van der Waals surface area contributed by atoms with Crippen molar-refractivity contribution in [3.8, 4) is 0 Å². The van der Waals surface area contributed by atoms with Gasteiger partial charge in [0.05, 0.1) is 5.38 Å². The van der Waals surface area contributed by atoms with E-state index in [0.717, 1.165) is 12.4 Å². The van der Waals surface area contributed by atoms with E-state index < -0.39 is 0 Å². The van der Waals surface area contributed by atoms with Gasteiger partial charge in [-0.15, -0.1) is 11.6 Å². The highest BCUT2D eigenvalue weighted by atomic mass is 35.5. The molecule has 2 nitrogen and oxygen atoms in total. The van der Waals surface area contributed by atoms with Crippen molar-refractivity contribution in [2.24, 2.45) is 5.92 Å². The van der Waals surface area contributed by atoms with E-state index in [1.165, 1.54) is 24.8 Å². The largest absolute Gasteiger partial charge is 0.368 e. The summed E-state index contributed by atoms with van der Waals surface area (Å²) in [5, 5.41) is 3.57. The van der Waals surface area contributed by atoms with Crippen molar-refractivity contribution >= 4 is 17.4 Å². The van der Waals surface area contributed by atoms with Gasteiger partial charge in [0.15, 0.2) is 0 Å². The van der Waals surface area contributed by atoms with Gasteiger partial charge in [0.25, 0.3) is 0 Å². The van der Waals surface area contributed by atoms with Gasteiger partial charge in [-0.3, -0.25) is 0 Å². The standard InChI is InChI=1S/C12H17ClN2/c1-9-4-3-7-14-12(9)15-8-11(13)10-5-2-6-10/h3-4,7,10-11H,2,5-6,8H2,1H3,(H,14,15). The molecule has 1 aliphatic carbocycles. The predicted octanol–water partition coefficient (Wildman–Crippen LogP) is 3.21. The summed E-state index contributed by atoms with van der Waals surface area (Å²) >= 11 is 6.29. The van der Waals surface area contributed by atoms with Crippen molar-refractivity contribution in [3.63, 3.8) is 0 Å². The summed E-state index contributed by atoms with van der Waals surface area (Å²) in [5.41, 5.74) is 1.18. The number of anilines is 1. The number of hydrogen-bond donors (Lipinski definition) is 1. The van der Waals surface area contributed by atoms with Crippen molar-refractivity contribution in [2.45, 2.75) is 31.6 Å². The number of aromatic nitrogens is 1. The normalized spacial score (nSPS) is 18.3. The van der Waals surface area contributed by atoms with Gasteiger partial charge in [-0.25, -0.2) is 4.98 Å². The molecule has 1 fully saturated rings. The van der Waals surface area contributed by atoms with Gasteiger partial charge in [-0.1, -0.05) is 12.5 Å². The molecule has 1 unspecified atom stereocenters. The van der Waals surface area contributed by atoms with Gasteiger partial charge in [-0.05, 0) is 37.3 Å². The van der Waals surface area contributed by atoms with Gasteiger partial charge >= 0.3 is 0 Å². The van der Waals surface area contributed by atoms with E-state index in [9.17, 15) is 0 Å². The Labute approximate surface area is 96.1 Å². The second kappa shape index (κ2) is 4.84. The van der Waals surface area contributed by atoms with E-state index in [0.29, 0.717) is 5.92 Å². The highest BCUT2D eigenvalue weighted by Gasteiger charge is 2.25. The number of hydrogen-bond acceptors (Lipinski definition) is 2. The molecule has 0 spiro atoms. The molecule has 1 N–H and O–H groups in total. The second-order valence-electron chi connectivity index (χ2n) is 4.26. The molecule has 1 saturated carbocycles. The molecule has 2 rings (SSSR count). The van der Waals surface area contributed by atoms with Crippen LogP contribution in [0.3, 0.4) is 0 Å². The Morgan fingerprint density at radius 1 is 1.60 bits per heavy atom. The maximum absolute atomic E-state index is 6.29. The third-order valence-electron chi connectivity index (χ3n) is 3.14. The van der Waals surface area contributed by atoms with E-state index in [4.69, 9.17) is 11.6 Å². The lowest BCUT2D eigenvalue weighted by molar-refractivity contribution is 0.308. The lowest BCUT2D eigenvalue weighted by atomic mass is 9.82. The number of alkyl halides is 1. The van der Waals surface area contributed by atoms with Gasteiger partial charge in [-0.2, -0.15) is 0 Å². The van der Waals surface area contributed by atoms with Gasteiger partial charge < -0.3 is 5.32 Å². The highest BCUT2D eigenvalue weighted by molar-refractivity contribution is 6.21. The summed E-state index contributed by atoms with van der Waals surface area (Å²) in [6.45, 7) is 2.88. The summed E-state index contributed by atoms with van der Waals surface area (Å²) in [7, 11) is 0. The van der Waals surface area contributed by atoms with E-state index >= 15 is 0 Å². The first kappa shape index (κ1) is 10.7. The van der Waals surface area contributed by atoms with Crippen LogP contribution in [0, 0.1) is 12.8 Å². The van der Waals surface area contributed by atoms with Crippen molar-refractivity contribution in [1.29, 1.82) is 0 Å². The SMILES string of the molecule is Cc1cccnc1NCC(Cl)C1CCC1. The fourth-order valence-electron chi connectivity index (χ4n) is 1.83. The van der Waals surface area contributed by atoms with Crippen LogP contribution in [0.5, 0.6) is 0 Å². The minimum Gasteiger partial charge on any atom is -0.368 e. The molecular formula is C12H17ClN2. The third kappa shape index (κ3) is 2.63. The number of nitrogens with one attached hydrogen (secondary N) is 1. The van der Waals surface area contributed by atoms with Crippen LogP contribution in [-0.2, 0) is 0 Å². The number of nitrogens with zero attached hydrogens (tertiary/aromatic N) is 1. The topological polar surface area (TPSA) is 24.9 Å². The quantitative estimate of drug-likeness (QED) is 0.795. The Bertz CT molecular complexity index is 323. The zero-order valence-electron chi connectivity index (χ0n) is 9.04. The first-order chi connectivity index (χ1) is 7.27. The Morgan fingerprint density at radius 2 is 2.40 bits per heavy atom. The molecular weight excluding hydrogens is 208 g/mol. The number of halogens is 1. The van der Waals surface area contributed by atoms with Crippen LogP contribution in [0.4, 0.5) is 5.82 Å². The van der Waals surface area contributed by atoms with Crippen LogP contribution in [0.15, 0.2) is 18.3 Å². The Kier molecular flexibility index (Phi) is 3.47. The van der Waals surface area contributed by atoms with Crippen LogP contribution in [0.1, 0.15) is 24.8 Å². The maximum atomic E-state index is 6.29. The molecule has 15 heavy (non-hydrogen) atoms. The van der Waals surface area contributed by atoms with Crippen molar-refractivity contribution in [3.05, 3.63) is 23.9 Å². The van der Waals surface area contributed by atoms with Gasteiger partial charge in [0, 0.05) is 12.7 Å². The van der Waals surface area contributed by atoms with Crippen molar-refractivity contribution in [2.75, 3.05) is 11.9 Å². The molecule has 0 radical (unpaired) electrons. The lowest BCUT2D eigenvalue weighted by Crippen LogP contribution is -2.28. The monoisotopic (exact) mass is 224 g/mol. The first-order valence-electron chi connectivity index (χ1n) is 5.57. The van der Waals surface area contributed by atoms with E-state index in [-0.39, 0.29) is 5.38 Å². The van der Waals surface area contributed by atoms with Crippen molar-refractivity contribution in [1.82, 2.24) is 4.98 Å². The average Bonchev–Trinajstić information content (AvgIpc) is 2.14. The van der Waals surface area contributed by atoms with Crippen LogP contribution in [0.2, 0.25) is 0 Å². The zero-order valence-corrected chi connectivity index (χ0v) is 9.80. The molecule has 1 aliphatic rings. The molecule has 3 heteroatoms. The summed E-state index contributed by atoms with van der Waals surface area (Å²) in [4.78, 5) is 4.28. The molecule has 1 atom stereocenters. The number of rotatable bonds is 4. The van der Waals surface area contributed by atoms with E-state index in [1.807, 2.05) is 12.3 Å². The summed E-state index contributed by atoms with van der Waals surface area (Å²) in [5.74, 6) is 1.67. The Balaban J connectivity index is 1.84. The molecule has 1 aromatic rings. The van der Waals surface area contributed by atoms with Crippen LogP contribution in [-0.4, -0.2) is 16.9 Å². The second-order valence-corrected chi connectivity index (χ2v) is 4.82. The molecule has 0 bridgehead atoms. The van der Waals surface area contributed by atoms with E-state index in [1.54, 1.807) is 0 Å². The summed E-state index contributed by atoms with van der Waals surface area (Å²) in [6.07, 6.45) is 5.73. The Hall–Kier alpha value is -0.760. The molecule has 1 heterocycles. The van der Waals surface area contributed by atoms with Crippen LogP contribution < -0.4 is 5.32 Å². The fraction of sp³-hybridized carbons (Fsp3) is 0.583. The zero-order chi connectivity index (χ0) is 10.7.